The highest BCUT2D eigenvalue weighted by atomic mass is 16.5. The summed E-state index contributed by atoms with van der Waals surface area (Å²) < 4.78 is 14.4. The van der Waals surface area contributed by atoms with Crippen LogP contribution in [0.3, 0.4) is 0 Å². The van der Waals surface area contributed by atoms with Crippen molar-refractivity contribution in [3.05, 3.63) is 59.8 Å². The van der Waals surface area contributed by atoms with Gasteiger partial charge >= 0.3 is 6.09 Å². The van der Waals surface area contributed by atoms with Crippen molar-refractivity contribution in [2.45, 2.75) is 27.0 Å². The molecule has 8 heteroatoms. The summed E-state index contributed by atoms with van der Waals surface area (Å²) in [5, 5.41) is 12.6. The lowest BCUT2D eigenvalue weighted by Crippen LogP contribution is -2.16. The maximum Gasteiger partial charge on any atom is 0.413 e. The van der Waals surface area contributed by atoms with Crippen LogP contribution in [0.2, 0.25) is 0 Å². The number of nitrogens with one attached hydrogen (secondary N) is 1. The minimum absolute atomic E-state index is 0.162. The van der Waals surface area contributed by atoms with Crippen molar-refractivity contribution in [1.82, 2.24) is 19.6 Å². The van der Waals surface area contributed by atoms with E-state index in [1.165, 1.54) is 0 Å². The molecule has 4 aromatic rings. The van der Waals surface area contributed by atoms with E-state index in [4.69, 9.17) is 9.47 Å². The van der Waals surface area contributed by atoms with Crippen molar-refractivity contribution >= 4 is 22.8 Å². The first kappa shape index (κ1) is 20.5. The number of hydrogen-bond donors (Lipinski definition) is 1. The Labute approximate surface area is 180 Å². The van der Waals surface area contributed by atoms with E-state index in [1.54, 1.807) is 22.7 Å². The number of methoxy groups -OCH3 is 1. The van der Waals surface area contributed by atoms with Crippen molar-refractivity contribution in [2.24, 2.45) is 7.05 Å². The summed E-state index contributed by atoms with van der Waals surface area (Å²) >= 11 is 0. The maximum atomic E-state index is 12.4. The molecule has 2 heterocycles. The van der Waals surface area contributed by atoms with Gasteiger partial charge in [-0.3, -0.25) is 10.00 Å². The molecule has 2 aromatic carbocycles. The predicted octanol–water partition coefficient (Wildman–Crippen LogP) is 4.52. The summed E-state index contributed by atoms with van der Waals surface area (Å²) in [4.78, 5) is 12.4. The number of rotatable bonds is 6. The van der Waals surface area contributed by atoms with Gasteiger partial charge in [0.05, 0.1) is 24.5 Å². The highest BCUT2D eigenvalue weighted by Gasteiger charge is 2.15. The number of hydrogen-bond acceptors (Lipinski definition) is 5. The van der Waals surface area contributed by atoms with Crippen molar-refractivity contribution in [3.8, 4) is 17.0 Å². The second-order valence-corrected chi connectivity index (χ2v) is 7.30. The van der Waals surface area contributed by atoms with Gasteiger partial charge in [0.1, 0.15) is 18.2 Å². The molecule has 0 radical (unpaired) electrons. The number of carbonyl (C=O) groups excluding carboxylic acids is 1. The molecule has 160 valence electrons. The van der Waals surface area contributed by atoms with E-state index in [0.29, 0.717) is 12.4 Å². The number of ether oxygens (including phenoxy) is 2. The number of aromatic nitrogens is 4. The molecule has 0 aliphatic rings. The molecule has 31 heavy (non-hydrogen) atoms. The van der Waals surface area contributed by atoms with Crippen molar-refractivity contribution in [2.75, 3.05) is 12.4 Å². The van der Waals surface area contributed by atoms with Gasteiger partial charge in [-0.2, -0.15) is 10.2 Å². The molecule has 0 spiro atoms. The number of carbonyl (C=O) groups is 1. The fraction of sp³-hybridized carbons (Fsp3) is 0.261. The minimum Gasteiger partial charge on any atom is -0.496 e. The van der Waals surface area contributed by atoms with Crippen molar-refractivity contribution in [3.63, 3.8) is 0 Å². The van der Waals surface area contributed by atoms with Gasteiger partial charge in [0.15, 0.2) is 0 Å². The van der Waals surface area contributed by atoms with Crippen LogP contribution in [-0.2, 0) is 24.9 Å². The SMILES string of the molecule is CCn1nc(-c2ccc(C)cc2OC)cc1NC(=O)OCc1ccc2c(cnn2C)c1. The Balaban J connectivity index is 1.47. The van der Waals surface area contributed by atoms with Gasteiger partial charge in [-0.1, -0.05) is 12.1 Å². The van der Waals surface area contributed by atoms with Crippen LogP contribution in [0.25, 0.3) is 22.2 Å². The Kier molecular flexibility index (Phi) is 5.62. The van der Waals surface area contributed by atoms with Gasteiger partial charge < -0.3 is 9.47 Å². The quantitative estimate of drug-likeness (QED) is 0.497. The Hall–Kier alpha value is -3.81. The summed E-state index contributed by atoms with van der Waals surface area (Å²) in [7, 11) is 3.53. The number of amides is 1. The average Bonchev–Trinajstić information content (AvgIpc) is 3.35. The fourth-order valence-corrected chi connectivity index (χ4v) is 3.49. The van der Waals surface area contributed by atoms with Crippen LogP contribution < -0.4 is 10.1 Å². The summed E-state index contributed by atoms with van der Waals surface area (Å²) in [6.45, 7) is 4.73. The van der Waals surface area contributed by atoms with Crippen molar-refractivity contribution in [1.29, 1.82) is 0 Å². The predicted molar refractivity (Wildman–Crippen MR) is 119 cm³/mol. The van der Waals surface area contributed by atoms with Gasteiger partial charge in [-0.15, -0.1) is 0 Å². The fourth-order valence-electron chi connectivity index (χ4n) is 3.49. The van der Waals surface area contributed by atoms with E-state index in [0.717, 1.165) is 39.0 Å². The first-order valence-electron chi connectivity index (χ1n) is 10.1. The molecule has 0 saturated heterocycles. The summed E-state index contributed by atoms with van der Waals surface area (Å²) in [5.41, 5.74) is 4.60. The lowest BCUT2D eigenvalue weighted by Gasteiger charge is -2.08. The molecule has 2 aromatic heterocycles. The Morgan fingerprint density at radius 3 is 2.77 bits per heavy atom. The molecule has 0 unspecified atom stereocenters. The summed E-state index contributed by atoms with van der Waals surface area (Å²) in [5.74, 6) is 1.30. The normalized spacial score (nSPS) is 11.0. The molecule has 0 aliphatic heterocycles. The van der Waals surface area contributed by atoms with Crippen LogP contribution in [0.4, 0.5) is 10.6 Å². The van der Waals surface area contributed by atoms with E-state index in [-0.39, 0.29) is 6.61 Å². The largest absolute Gasteiger partial charge is 0.496 e. The topological polar surface area (TPSA) is 83.2 Å². The average molecular weight is 419 g/mol. The molecule has 4 rings (SSSR count). The minimum atomic E-state index is -0.539. The van der Waals surface area contributed by atoms with Crippen LogP contribution in [-0.4, -0.2) is 32.8 Å². The zero-order valence-corrected chi connectivity index (χ0v) is 18.0. The second-order valence-electron chi connectivity index (χ2n) is 7.30. The first-order chi connectivity index (χ1) is 15.0. The second kappa shape index (κ2) is 8.51. The Bertz CT molecular complexity index is 1240. The van der Waals surface area contributed by atoms with Crippen LogP contribution in [0.5, 0.6) is 5.75 Å². The third kappa shape index (κ3) is 4.23. The summed E-state index contributed by atoms with van der Waals surface area (Å²) in [6, 6.07) is 13.6. The van der Waals surface area contributed by atoms with Crippen LogP contribution >= 0.6 is 0 Å². The Morgan fingerprint density at radius 2 is 2.00 bits per heavy atom. The van der Waals surface area contributed by atoms with Gasteiger partial charge in [-0.25, -0.2) is 9.48 Å². The molecular weight excluding hydrogens is 394 g/mol. The van der Waals surface area contributed by atoms with E-state index < -0.39 is 6.09 Å². The monoisotopic (exact) mass is 419 g/mol. The van der Waals surface area contributed by atoms with Crippen LogP contribution in [0.15, 0.2) is 48.7 Å². The molecule has 0 fully saturated rings. The lowest BCUT2D eigenvalue weighted by molar-refractivity contribution is 0.155. The zero-order chi connectivity index (χ0) is 22.0. The van der Waals surface area contributed by atoms with Gasteiger partial charge in [0.2, 0.25) is 0 Å². The zero-order valence-electron chi connectivity index (χ0n) is 18.0. The standard InChI is InChI=1S/C23H25N5O3/c1-5-28-22(12-19(26-28)18-8-6-15(2)10-21(18)30-4)25-23(29)31-14-16-7-9-20-17(11-16)13-24-27(20)3/h6-13H,5,14H2,1-4H3,(H,25,29). The molecule has 0 bridgehead atoms. The number of aryl methyl sites for hydroxylation is 3. The highest BCUT2D eigenvalue weighted by Crippen LogP contribution is 2.31. The van der Waals surface area contributed by atoms with E-state index in [2.05, 4.69) is 15.5 Å². The van der Waals surface area contributed by atoms with E-state index in [9.17, 15) is 4.79 Å². The molecule has 1 N–H and O–H groups in total. The molecule has 0 atom stereocenters. The maximum absolute atomic E-state index is 12.4. The van der Waals surface area contributed by atoms with Crippen molar-refractivity contribution < 1.29 is 14.3 Å². The number of fused-ring (bicyclic) bond motifs is 1. The molecule has 0 saturated carbocycles. The van der Waals surface area contributed by atoms with E-state index in [1.807, 2.05) is 63.4 Å². The van der Waals surface area contributed by atoms with E-state index >= 15 is 0 Å². The first-order valence-corrected chi connectivity index (χ1v) is 10.1. The van der Waals surface area contributed by atoms with Crippen LogP contribution in [0, 0.1) is 6.92 Å². The molecule has 0 aliphatic carbocycles. The highest BCUT2D eigenvalue weighted by molar-refractivity contribution is 5.85. The van der Waals surface area contributed by atoms with Gasteiger partial charge in [0, 0.05) is 30.6 Å². The third-order valence-electron chi connectivity index (χ3n) is 5.12. The van der Waals surface area contributed by atoms with Crippen LogP contribution in [0.1, 0.15) is 18.1 Å². The smallest absolute Gasteiger partial charge is 0.413 e. The van der Waals surface area contributed by atoms with Gasteiger partial charge in [-0.05, 0) is 49.2 Å². The molecule has 1 amide bonds. The molecular formula is C23H25N5O3. The third-order valence-corrected chi connectivity index (χ3v) is 5.12. The number of nitrogens with zero attached hydrogens (tertiary/aromatic N) is 4. The lowest BCUT2D eigenvalue weighted by atomic mass is 10.1. The van der Waals surface area contributed by atoms with Gasteiger partial charge in [0.25, 0.3) is 0 Å². The number of anilines is 1. The Morgan fingerprint density at radius 1 is 1.16 bits per heavy atom. The number of benzene rings is 2. The summed E-state index contributed by atoms with van der Waals surface area (Å²) in [6.07, 6.45) is 1.25. The molecule has 8 nitrogen and oxygen atoms in total.